The summed E-state index contributed by atoms with van der Waals surface area (Å²) < 4.78 is 16.0. The SMILES string of the molecule is CCOc1ccccc1NC(=O)COC(=O)CN1C(=O)CCOc2ccccc21. The minimum absolute atomic E-state index is 0.149. The average Bonchev–Trinajstić information content (AvgIpc) is 2.87. The van der Waals surface area contributed by atoms with E-state index in [4.69, 9.17) is 14.2 Å². The van der Waals surface area contributed by atoms with Crippen molar-refractivity contribution in [2.45, 2.75) is 13.3 Å². The minimum atomic E-state index is -0.691. The molecule has 3 rings (SSSR count). The number of hydrogen-bond acceptors (Lipinski definition) is 6. The number of hydrogen-bond donors (Lipinski definition) is 1. The topological polar surface area (TPSA) is 94.2 Å². The van der Waals surface area contributed by atoms with Crippen LogP contribution in [0.5, 0.6) is 11.5 Å². The fraction of sp³-hybridized carbons (Fsp3) is 0.286. The third-order valence-corrected chi connectivity index (χ3v) is 4.14. The van der Waals surface area contributed by atoms with Crippen LogP contribution in [-0.2, 0) is 19.1 Å². The molecule has 152 valence electrons. The van der Waals surface area contributed by atoms with E-state index in [1.165, 1.54) is 4.90 Å². The number of rotatable bonds is 7. The summed E-state index contributed by atoms with van der Waals surface area (Å²) in [6.07, 6.45) is 0.149. The van der Waals surface area contributed by atoms with Gasteiger partial charge in [-0.1, -0.05) is 24.3 Å². The van der Waals surface area contributed by atoms with Crippen molar-refractivity contribution in [2.75, 3.05) is 36.6 Å². The lowest BCUT2D eigenvalue weighted by Crippen LogP contribution is -2.37. The first-order chi connectivity index (χ1) is 14.1. The van der Waals surface area contributed by atoms with Crippen molar-refractivity contribution >= 4 is 29.2 Å². The first kappa shape index (κ1) is 20.2. The average molecular weight is 398 g/mol. The van der Waals surface area contributed by atoms with Crippen molar-refractivity contribution in [2.24, 2.45) is 0 Å². The van der Waals surface area contributed by atoms with Crippen molar-refractivity contribution in [3.63, 3.8) is 0 Å². The molecule has 29 heavy (non-hydrogen) atoms. The van der Waals surface area contributed by atoms with Gasteiger partial charge in [0.15, 0.2) is 6.61 Å². The molecule has 0 saturated heterocycles. The van der Waals surface area contributed by atoms with Crippen LogP contribution in [0.1, 0.15) is 13.3 Å². The summed E-state index contributed by atoms with van der Waals surface area (Å²) in [5.74, 6) is -0.389. The third kappa shape index (κ3) is 5.25. The highest BCUT2D eigenvalue weighted by Gasteiger charge is 2.25. The van der Waals surface area contributed by atoms with E-state index in [2.05, 4.69) is 5.32 Å². The number of anilines is 2. The molecule has 2 aromatic carbocycles. The smallest absolute Gasteiger partial charge is 0.326 e. The standard InChI is InChI=1S/C21H22N2O6/c1-2-27-17-9-5-3-7-15(17)22-19(24)14-29-21(26)13-23-16-8-4-6-10-18(16)28-12-11-20(23)25/h3-10H,2,11-14H2,1H3,(H,22,24). The van der Waals surface area contributed by atoms with Crippen LogP contribution in [0, 0.1) is 0 Å². The Labute approximate surface area is 168 Å². The van der Waals surface area contributed by atoms with Crippen molar-refractivity contribution < 1.29 is 28.6 Å². The summed E-state index contributed by atoms with van der Waals surface area (Å²) in [5, 5.41) is 2.65. The predicted molar refractivity (Wildman–Crippen MR) is 106 cm³/mol. The van der Waals surface area contributed by atoms with Crippen molar-refractivity contribution in [1.82, 2.24) is 0 Å². The molecular formula is C21H22N2O6. The molecule has 2 aromatic rings. The van der Waals surface area contributed by atoms with E-state index in [9.17, 15) is 14.4 Å². The van der Waals surface area contributed by atoms with Gasteiger partial charge in [0.1, 0.15) is 18.0 Å². The second-order valence-electron chi connectivity index (χ2n) is 6.18. The first-order valence-corrected chi connectivity index (χ1v) is 9.28. The van der Waals surface area contributed by atoms with Gasteiger partial charge in [-0.15, -0.1) is 0 Å². The Hall–Kier alpha value is -3.55. The number of nitrogens with one attached hydrogen (secondary N) is 1. The zero-order chi connectivity index (χ0) is 20.6. The van der Waals surface area contributed by atoms with Gasteiger partial charge in [0, 0.05) is 0 Å². The highest BCUT2D eigenvalue weighted by molar-refractivity contribution is 6.00. The highest BCUT2D eigenvalue weighted by Crippen LogP contribution is 2.30. The summed E-state index contributed by atoms with van der Waals surface area (Å²) in [7, 11) is 0. The molecule has 8 heteroatoms. The van der Waals surface area contributed by atoms with E-state index in [-0.39, 0.29) is 25.5 Å². The van der Waals surface area contributed by atoms with E-state index in [0.717, 1.165) is 0 Å². The zero-order valence-electron chi connectivity index (χ0n) is 16.1. The maximum atomic E-state index is 12.3. The largest absolute Gasteiger partial charge is 0.492 e. The number of carbonyl (C=O) groups is 3. The van der Waals surface area contributed by atoms with Gasteiger partial charge in [-0.3, -0.25) is 19.3 Å². The Balaban J connectivity index is 1.57. The maximum Gasteiger partial charge on any atom is 0.326 e. The molecule has 0 saturated carbocycles. The maximum absolute atomic E-state index is 12.3. The summed E-state index contributed by atoms with van der Waals surface area (Å²) in [6.45, 7) is 1.76. The van der Waals surface area contributed by atoms with E-state index in [0.29, 0.717) is 29.5 Å². The highest BCUT2D eigenvalue weighted by atomic mass is 16.5. The number of fused-ring (bicyclic) bond motifs is 1. The molecule has 0 fully saturated rings. The molecule has 0 spiro atoms. The molecule has 0 unspecified atom stereocenters. The van der Waals surface area contributed by atoms with Crippen LogP contribution in [-0.4, -0.2) is 44.1 Å². The molecule has 1 N–H and O–H groups in total. The van der Waals surface area contributed by atoms with Gasteiger partial charge in [-0.05, 0) is 31.2 Å². The molecule has 1 heterocycles. The summed E-state index contributed by atoms with van der Waals surface area (Å²) in [6, 6.07) is 13.9. The van der Waals surface area contributed by atoms with Gasteiger partial charge < -0.3 is 19.5 Å². The fourth-order valence-corrected chi connectivity index (χ4v) is 2.85. The quantitative estimate of drug-likeness (QED) is 0.720. The van der Waals surface area contributed by atoms with Gasteiger partial charge in [-0.25, -0.2) is 0 Å². The Bertz CT molecular complexity index is 898. The van der Waals surface area contributed by atoms with Crippen LogP contribution in [0.3, 0.4) is 0 Å². The molecule has 0 aliphatic carbocycles. The van der Waals surface area contributed by atoms with Crippen LogP contribution < -0.4 is 19.7 Å². The lowest BCUT2D eigenvalue weighted by molar-refractivity contribution is -0.146. The second kappa shape index (κ2) is 9.59. The van der Waals surface area contributed by atoms with Gasteiger partial charge in [0.2, 0.25) is 5.91 Å². The summed E-state index contributed by atoms with van der Waals surface area (Å²) in [4.78, 5) is 38.0. The van der Waals surface area contributed by atoms with Crippen molar-refractivity contribution in [1.29, 1.82) is 0 Å². The predicted octanol–water partition coefficient (Wildman–Crippen LogP) is 2.38. The van der Waals surface area contributed by atoms with Gasteiger partial charge >= 0.3 is 5.97 Å². The number of nitrogens with zero attached hydrogens (tertiary/aromatic N) is 1. The normalized spacial score (nSPS) is 13.0. The summed E-state index contributed by atoms with van der Waals surface area (Å²) >= 11 is 0. The van der Waals surface area contributed by atoms with E-state index in [1.54, 1.807) is 48.5 Å². The van der Waals surface area contributed by atoms with Crippen molar-refractivity contribution in [3.8, 4) is 11.5 Å². The van der Waals surface area contributed by atoms with E-state index < -0.39 is 18.5 Å². The number of esters is 1. The third-order valence-electron chi connectivity index (χ3n) is 4.14. The number of benzene rings is 2. The lowest BCUT2D eigenvalue weighted by atomic mass is 10.2. The molecule has 8 nitrogen and oxygen atoms in total. The van der Waals surface area contributed by atoms with Crippen LogP contribution in [0.15, 0.2) is 48.5 Å². The van der Waals surface area contributed by atoms with Gasteiger partial charge in [0.25, 0.3) is 5.91 Å². The number of amides is 2. The Morgan fingerprint density at radius 3 is 2.72 bits per heavy atom. The van der Waals surface area contributed by atoms with Crippen LogP contribution in [0.4, 0.5) is 11.4 Å². The lowest BCUT2D eigenvalue weighted by Gasteiger charge is -2.20. The Kier molecular flexibility index (Phi) is 6.67. The van der Waals surface area contributed by atoms with Gasteiger partial charge in [0.05, 0.1) is 31.0 Å². The number of ether oxygens (including phenoxy) is 3. The second-order valence-corrected chi connectivity index (χ2v) is 6.18. The minimum Gasteiger partial charge on any atom is -0.492 e. The fourth-order valence-electron chi connectivity index (χ4n) is 2.85. The van der Waals surface area contributed by atoms with E-state index >= 15 is 0 Å². The molecule has 0 bridgehead atoms. The van der Waals surface area contributed by atoms with Crippen LogP contribution in [0.25, 0.3) is 0 Å². The number of carbonyl (C=O) groups excluding carboxylic acids is 3. The Morgan fingerprint density at radius 2 is 1.90 bits per heavy atom. The summed E-state index contributed by atoms with van der Waals surface area (Å²) in [5.41, 5.74) is 0.992. The zero-order valence-corrected chi connectivity index (χ0v) is 16.1. The molecular weight excluding hydrogens is 376 g/mol. The van der Waals surface area contributed by atoms with E-state index in [1.807, 2.05) is 6.92 Å². The Morgan fingerprint density at radius 1 is 1.14 bits per heavy atom. The first-order valence-electron chi connectivity index (χ1n) is 9.28. The molecule has 2 amide bonds. The molecule has 0 atom stereocenters. The van der Waals surface area contributed by atoms with Crippen molar-refractivity contribution in [3.05, 3.63) is 48.5 Å². The molecule has 1 aliphatic rings. The molecule has 0 radical (unpaired) electrons. The number of para-hydroxylation sites is 4. The molecule has 1 aliphatic heterocycles. The van der Waals surface area contributed by atoms with Crippen LogP contribution >= 0.6 is 0 Å². The van der Waals surface area contributed by atoms with Gasteiger partial charge in [-0.2, -0.15) is 0 Å². The monoisotopic (exact) mass is 398 g/mol. The molecule has 0 aromatic heterocycles. The van der Waals surface area contributed by atoms with Crippen LogP contribution in [0.2, 0.25) is 0 Å².